The van der Waals surface area contributed by atoms with E-state index in [1.165, 1.54) is 52.5 Å². The van der Waals surface area contributed by atoms with Crippen LogP contribution >= 0.6 is 11.3 Å². The number of rotatable bonds is 2. The van der Waals surface area contributed by atoms with E-state index in [0.29, 0.717) is 5.95 Å². The van der Waals surface area contributed by atoms with Gasteiger partial charge in [-0.3, -0.25) is 4.57 Å². The lowest BCUT2D eigenvalue weighted by Gasteiger charge is -2.12. The lowest BCUT2D eigenvalue weighted by Crippen LogP contribution is -2.03. The second-order valence-electron chi connectivity index (χ2n) is 12.3. The summed E-state index contributed by atoms with van der Waals surface area (Å²) >= 11 is 1.86. The molecule has 0 fully saturated rings. The summed E-state index contributed by atoms with van der Waals surface area (Å²) < 4.78 is 4.88. The van der Waals surface area contributed by atoms with Crippen LogP contribution in [-0.2, 0) is 0 Å². The largest absolute Gasteiger partial charge is 0.354 e. The van der Waals surface area contributed by atoms with Gasteiger partial charge < -0.3 is 4.98 Å². The van der Waals surface area contributed by atoms with Crippen molar-refractivity contribution in [2.75, 3.05) is 0 Å². The van der Waals surface area contributed by atoms with E-state index >= 15 is 0 Å². The maximum atomic E-state index is 5.30. The highest BCUT2D eigenvalue weighted by molar-refractivity contribution is 7.25. The molecule has 4 heterocycles. The van der Waals surface area contributed by atoms with Crippen LogP contribution in [0, 0.1) is 0 Å². The van der Waals surface area contributed by atoms with Crippen LogP contribution in [0.25, 0.3) is 103 Å². The standard InChI is InChI=1S/C42H24N4S/c1-2-10-25(11-3-1)41-27-13-4-7-15-31(27)44-42(45-41)46-34-16-8-5-14-28(34)40-35(46)21-19-24-18-20-32-39(38(24)40)30-22-29-26-12-6-9-17-36(26)47-37(29)23-33(30)43-32/h1-23,43H. The normalized spacial score (nSPS) is 12.3. The van der Waals surface area contributed by atoms with Gasteiger partial charge in [0.05, 0.1) is 22.2 Å². The molecule has 4 nitrogen and oxygen atoms in total. The third kappa shape index (κ3) is 3.46. The molecule has 7 aromatic carbocycles. The van der Waals surface area contributed by atoms with Crippen molar-refractivity contribution >= 4 is 96.8 Å². The quantitative estimate of drug-likeness (QED) is 0.210. The molecule has 5 heteroatoms. The molecule has 0 aliphatic rings. The minimum absolute atomic E-state index is 0.672. The van der Waals surface area contributed by atoms with Gasteiger partial charge in [0.25, 0.3) is 0 Å². The molecule has 0 saturated carbocycles. The second kappa shape index (κ2) is 9.25. The van der Waals surface area contributed by atoms with Crippen LogP contribution < -0.4 is 0 Å². The summed E-state index contributed by atoms with van der Waals surface area (Å²) in [6.45, 7) is 0. The minimum Gasteiger partial charge on any atom is -0.354 e. The summed E-state index contributed by atoms with van der Waals surface area (Å²) in [5, 5.41) is 11.1. The highest BCUT2D eigenvalue weighted by Crippen LogP contribution is 2.44. The lowest BCUT2D eigenvalue weighted by atomic mass is 9.98. The van der Waals surface area contributed by atoms with Crippen molar-refractivity contribution in [3.8, 4) is 17.2 Å². The molecule has 218 valence electrons. The summed E-state index contributed by atoms with van der Waals surface area (Å²) in [6, 6.07) is 49.8. The van der Waals surface area contributed by atoms with Crippen molar-refractivity contribution < 1.29 is 0 Å². The van der Waals surface area contributed by atoms with E-state index in [4.69, 9.17) is 9.97 Å². The van der Waals surface area contributed by atoms with Gasteiger partial charge in [0.1, 0.15) is 0 Å². The predicted octanol–water partition coefficient (Wildman–Crippen LogP) is 11.5. The number of fused-ring (bicyclic) bond motifs is 13. The zero-order valence-corrected chi connectivity index (χ0v) is 25.8. The summed E-state index contributed by atoms with van der Waals surface area (Å²) in [5.41, 5.74) is 7.43. The van der Waals surface area contributed by atoms with E-state index in [-0.39, 0.29) is 0 Å². The van der Waals surface area contributed by atoms with Crippen molar-refractivity contribution in [1.82, 2.24) is 19.5 Å². The van der Waals surface area contributed by atoms with Gasteiger partial charge in [-0.1, -0.05) is 97.1 Å². The Kier molecular flexibility index (Phi) is 4.96. The van der Waals surface area contributed by atoms with Gasteiger partial charge in [-0.05, 0) is 47.9 Å². The monoisotopic (exact) mass is 616 g/mol. The van der Waals surface area contributed by atoms with Crippen molar-refractivity contribution in [1.29, 1.82) is 0 Å². The molecular formula is C42H24N4S. The molecular weight excluding hydrogens is 593 g/mol. The van der Waals surface area contributed by atoms with E-state index in [1.54, 1.807) is 0 Å². The molecule has 11 aromatic rings. The predicted molar refractivity (Wildman–Crippen MR) is 199 cm³/mol. The number of H-pyrrole nitrogens is 1. The zero-order valence-electron chi connectivity index (χ0n) is 25.0. The molecule has 0 saturated heterocycles. The van der Waals surface area contributed by atoms with Crippen LogP contribution in [0.3, 0.4) is 0 Å². The Hall–Kier alpha value is -6.04. The van der Waals surface area contributed by atoms with Gasteiger partial charge >= 0.3 is 0 Å². The van der Waals surface area contributed by atoms with Crippen LogP contribution in [-0.4, -0.2) is 19.5 Å². The van der Waals surface area contributed by atoms with Gasteiger partial charge in [-0.25, -0.2) is 9.97 Å². The SMILES string of the molecule is c1ccc(-c2nc(-n3c4ccccc4c4c5c(ccc6[nH]c7cc8sc9ccccc9c8cc7c65)ccc43)nc3ccccc23)cc1. The number of aromatic amines is 1. The highest BCUT2D eigenvalue weighted by atomic mass is 32.1. The molecule has 0 aliphatic heterocycles. The van der Waals surface area contributed by atoms with Crippen molar-refractivity contribution in [2.45, 2.75) is 0 Å². The van der Waals surface area contributed by atoms with Crippen molar-refractivity contribution in [3.63, 3.8) is 0 Å². The number of thiophene rings is 1. The molecule has 4 aromatic heterocycles. The maximum Gasteiger partial charge on any atom is 0.235 e. The molecule has 47 heavy (non-hydrogen) atoms. The summed E-state index contributed by atoms with van der Waals surface area (Å²) in [6.07, 6.45) is 0. The second-order valence-corrected chi connectivity index (χ2v) is 13.4. The Bertz CT molecular complexity index is 3070. The fraction of sp³-hybridized carbons (Fsp3) is 0. The Labute approximate surface area is 272 Å². The topological polar surface area (TPSA) is 46.5 Å². The van der Waals surface area contributed by atoms with E-state index in [9.17, 15) is 0 Å². The van der Waals surface area contributed by atoms with Crippen LogP contribution in [0.5, 0.6) is 0 Å². The first-order chi connectivity index (χ1) is 23.3. The molecule has 11 rings (SSSR count). The first kappa shape index (κ1) is 25.2. The number of para-hydroxylation sites is 2. The Morgan fingerprint density at radius 1 is 0.489 bits per heavy atom. The first-order valence-corrected chi connectivity index (χ1v) is 16.7. The maximum absolute atomic E-state index is 5.30. The zero-order chi connectivity index (χ0) is 30.6. The number of nitrogens with zero attached hydrogens (tertiary/aromatic N) is 3. The number of hydrogen-bond acceptors (Lipinski definition) is 3. The molecule has 0 spiro atoms. The van der Waals surface area contributed by atoms with Gasteiger partial charge in [0.15, 0.2) is 0 Å². The Morgan fingerprint density at radius 3 is 2.17 bits per heavy atom. The lowest BCUT2D eigenvalue weighted by molar-refractivity contribution is 1.01. The molecule has 0 unspecified atom stereocenters. The fourth-order valence-electron chi connectivity index (χ4n) is 7.68. The van der Waals surface area contributed by atoms with Crippen molar-refractivity contribution in [2.24, 2.45) is 0 Å². The van der Waals surface area contributed by atoms with Crippen LogP contribution in [0.2, 0.25) is 0 Å². The molecule has 0 radical (unpaired) electrons. The molecule has 0 amide bonds. The van der Waals surface area contributed by atoms with E-state index in [0.717, 1.165) is 44.2 Å². The fourth-order valence-corrected chi connectivity index (χ4v) is 8.81. The average Bonchev–Trinajstić information content (AvgIpc) is 3.79. The van der Waals surface area contributed by atoms with Gasteiger partial charge in [-0.2, -0.15) is 0 Å². The number of benzene rings is 7. The third-order valence-electron chi connectivity index (χ3n) is 9.71. The molecule has 0 aliphatic carbocycles. The molecule has 1 N–H and O–H groups in total. The number of aromatic nitrogens is 4. The Morgan fingerprint density at radius 2 is 1.26 bits per heavy atom. The summed E-state index contributed by atoms with van der Waals surface area (Å²) in [4.78, 5) is 14.3. The van der Waals surface area contributed by atoms with Gasteiger partial charge in [-0.15, -0.1) is 11.3 Å². The third-order valence-corrected chi connectivity index (χ3v) is 10.8. The summed E-state index contributed by atoms with van der Waals surface area (Å²) in [7, 11) is 0. The van der Waals surface area contributed by atoms with Gasteiger partial charge in [0, 0.05) is 69.1 Å². The first-order valence-electron chi connectivity index (χ1n) is 15.8. The minimum atomic E-state index is 0.672. The Balaban J connectivity index is 1.29. The van der Waals surface area contributed by atoms with E-state index in [2.05, 4.69) is 143 Å². The molecule has 0 bridgehead atoms. The van der Waals surface area contributed by atoms with Crippen LogP contribution in [0.15, 0.2) is 140 Å². The summed E-state index contributed by atoms with van der Waals surface area (Å²) in [5.74, 6) is 0.672. The number of hydrogen-bond donors (Lipinski definition) is 1. The van der Waals surface area contributed by atoms with Crippen molar-refractivity contribution in [3.05, 3.63) is 140 Å². The smallest absolute Gasteiger partial charge is 0.235 e. The van der Waals surface area contributed by atoms with Gasteiger partial charge in [0.2, 0.25) is 5.95 Å². The number of nitrogens with one attached hydrogen (secondary N) is 1. The average molecular weight is 617 g/mol. The van der Waals surface area contributed by atoms with E-state index in [1.807, 2.05) is 17.4 Å². The van der Waals surface area contributed by atoms with Crippen LogP contribution in [0.1, 0.15) is 0 Å². The molecule has 0 atom stereocenters. The van der Waals surface area contributed by atoms with Crippen LogP contribution in [0.4, 0.5) is 0 Å². The van der Waals surface area contributed by atoms with E-state index < -0.39 is 0 Å². The highest BCUT2D eigenvalue weighted by Gasteiger charge is 2.21.